The fourth-order valence-corrected chi connectivity index (χ4v) is 3.63. The van der Waals surface area contributed by atoms with Crippen molar-refractivity contribution >= 4 is 10.8 Å². The summed E-state index contributed by atoms with van der Waals surface area (Å²) >= 11 is 0. The van der Waals surface area contributed by atoms with Crippen LogP contribution in [0.4, 0.5) is 0 Å². The molecule has 23 heavy (non-hydrogen) atoms. The predicted molar refractivity (Wildman–Crippen MR) is 102 cm³/mol. The third-order valence-corrected chi connectivity index (χ3v) is 4.72. The molecule has 4 rings (SSSR count). The van der Waals surface area contributed by atoms with E-state index < -0.39 is 0 Å². The summed E-state index contributed by atoms with van der Waals surface area (Å²) in [7, 11) is 0. The van der Waals surface area contributed by atoms with Crippen LogP contribution >= 0.6 is 0 Å². The first-order valence-corrected chi connectivity index (χ1v) is 8.71. The van der Waals surface area contributed by atoms with Gasteiger partial charge >= 0.3 is 0 Å². The monoisotopic (exact) mass is 302 g/mol. The first-order valence-electron chi connectivity index (χ1n) is 8.71. The zero-order valence-corrected chi connectivity index (χ0v) is 14.9. The van der Waals surface area contributed by atoms with Gasteiger partial charge in [0.1, 0.15) is 0 Å². The number of fused-ring (bicyclic) bond motifs is 5. The number of aryl methyl sites for hydroxylation is 2. The van der Waals surface area contributed by atoms with Crippen LogP contribution in [0.25, 0.3) is 21.9 Å². The van der Waals surface area contributed by atoms with Gasteiger partial charge in [-0.25, -0.2) is 0 Å². The van der Waals surface area contributed by atoms with Crippen LogP contribution < -0.4 is 0 Å². The summed E-state index contributed by atoms with van der Waals surface area (Å²) in [4.78, 5) is 0. The van der Waals surface area contributed by atoms with Gasteiger partial charge in [0.25, 0.3) is 0 Å². The standard InChI is InChI=1S/C20H18.C3H8/c1-12-7-8-18-19(11-12)14(3)16-10-9-15-13(2)5-4-6-17(15)20(16)18;1-3-2/h4-11,14H,1-3H3;3H2,1-2H3. The molecule has 0 heterocycles. The zero-order valence-electron chi connectivity index (χ0n) is 14.9. The van der Waals surface area contributed by atoms with Crippen LogP contribution in [0.5, 0.6) is 0 Å². The van der Waals surface area contributed by atoms with Gasteiger partial charge in [-0.05, 0) is 52.4 Å². The van der Waals surface area contributed by atoms with Crippen LogP contribution in [0.3, 0.4) is 0 Å². The SMILES string of the molecule is CCC.Cc1ccc2c(c1)C(C)c1ccc3c(C)cccc3c1-2. The molecule has 3 aromatic carbocycles. The van der Waals surface area contributed by atoms with Crippen LogP contribution in [-0.2, 0) is 0 Å². The van der Waals surface area contributed by atoms with E-state index in [1.807, 2.05) is 0 Å². The molecule has 0 nitrogen and oxygen atoms in total. The van der Waals surface area contributed by atoms with Gasteiger partial charge in [0.15, 0.2) is 0 Å². The van der Waals surface area contributed by atoms with Crippen molar-refractivity contribution in [2.75, 3.05) is 0 Å². The minimum absolute atomic E-state index is 0.504. The van der Waals surface area contributed by atoms with E-state index in [0.717, 1.165) is 0 Å². The highest BCUT2D eigenvalue weighted by molar-refractivity contribution is 6.02. The van der Waals surface area contributed by atoms with E-state index >= 15 is 0 Å². The molecule has 1 aliphatic carbocycles. The lowest BCUT2D eigenvalue weighted by molar-refractivity contribution is 0.955. The Morgan fingerprint density at radius 2 is 1.57 bits per heavy atom. The molecule has 3 aromatic rings. The second-order valence-corrected chi connectivity index (χ2v) is 6.72. The summed E-state index contributed by atoms with van der Waals surface area (Å²) in [5.74, 6) is 0.504. The van der Waals surface area contributed by atoms with Gasteiger partial charge in [0.2, 0.25) is 0 Å². The molecule has 118 valence electrons. The molecule has 1 aliphatic rings. The van der Waals surface area contributed by atoms with E-state index in [1.54, 1.807) is 0 Å². The Labute approximate surface area is 140 Å². The van der Waals surface area contributed by atoms with Crippen LogP contribution in [0.1, 0.15) is 55.4 Å². The molecule has 0 amide bonds. The summed E-state index contributed by atoms with van der Waals surface area (Å²) in [6.07, 6.45) is 1.25. The molecule has 0 fully saturated rings. The van der Waals surface area contributed by atoms with Crippen LogP contribution in [0.2, 0.25) is 0 Å². The van der Waals surface area contributed by atoms with E-state index in [4.69, 9.17) is 0 Å². The van der Waals surface area contributed by atoms with Crippen molar-refractivity contribution < 1.29 is 0 Å². The third kappa shape index (κ3) is 2.57. The molecule has 0 saturated carbocycles. The number of benzene rings is 3. The Morgan fingerprint density at radius 1 is 0.826 bits per heavy atom. The van der Waals surface area contributed by atoms with Crippen molar-refractivity contribution in [3.05, 3.63) is 70.8 Å². The quantitative estimate of drug-likeness (QED) is 0.419. The molecule has 0 spiro atoms. The average molecular weight is 302 g/mol. The Bertz CT molecular complexity index is 855. The molecule has 1 atom stereocenters. The fourth-order valence-electron chi connectivity index (χ4n) is 3.63. The van der Waals surface area contributed by atoms with Crippen molar-refractivity contribution in [2.24, 2.45) is 0 Å². The van der Waals surface area contributed by atoms with E-state index in [9.17, 15) is 0 Å². The largest absolute Gasteiger partial charge is 0.0656 e. The normalized spacial score (nSPS) is 14.9. The van der Waals surface area contributed by atoms with Crippen LogP contribution in [0.15, 0.2) is 48.5 Å². The first-order chi connectivity index (χ1) is 11.1. The van der Waals surface area contributed by atoms with Crippen LogP contribution in [-0.4, -0.2) is 0 Å². The smallest absolute Gasteiger partial charge is 0.00736 e. The van der Waals surface area contributed by atoms with Gasteiger partial charge in [-0.15, -0.1) is 0 Å². The first kappa shape index (κ1) is 15.8. The summed E-state index contributed by atoms with van der Waals surface area (Å²) < 4.78 is 0. The maximum absolute atomic E-state index is 2.35. The highest BCUT2D eigenvalue weighted by Gasteiger charge is 2.26. The zero-order chi connectivity index (χ0) is 16.6. The molecular formula is C23H26. The van der Waals surface area contributed by atoms with Gasteiger partial charge < -0.3 is 0 Å². The predicted octanol–water partition coefficient (Wildman–Crippen LogP) is 7.01. The van der Waals surface area contributed by atoms with Gasteiger partial charge in [-0.3, -0.25) is 0 Å². The van der Waals surface area contributed by atoms with Crippen molar-refractivity contribution in [1.29, 1.82) is 0 Å². The van der Waals surface area contributed by atoms with E-state index in [-0.39, 0.29) is 0 Å². The highest BCUT2D eigenvalue weighted by Crippen LogP contribution is 2.48. The van der Waals surface area contributed by atoms with E-state index in [2.05, 4.69) is 83.1 Å². The molecule has 0 N–H and O–H groups in total. The topological polar surface area (TPSA) is 0 Å². The summed E-state index contributed by atoms with van der Waals surface area (Å²) in [6, 6.07) is 18.1. The second kappa shape index (κ2) is 6.20. The summed E-state index contributed by atoms with van der Waals surface area (Å²) in [5.41, 5.74) is 8.54. The molecule has 0 saturated heterocycles. The number of rotatable bonds is 0. The molecule has 1 unspecified atom stereocenters. The lowest BCUT2D eigenvalue weighted by Crippen LogP contribution is -1.90. The van der Waals surface area contributed by atoms with E-state index in [1.165, 1.54) is 50.6 Å². The molecule has 0 radical (unpaired) electrons. The molecule has 0 heteroatoms. The van der Waals surface area contributed by atoms with Crippen molar-refractivity contribution in [3.63, 3.8) is 0 Å². The lowest BCUT2D eigenvalue weighted by Gasteiger charge is -2.10. The summed E-state index contributed by atoms with van der Waals surface area (Å²) in [6.45, 7) is 11.0. The van der Waals surface area contributed by atoms with Crippen LogP contribution in [0, 0.1) is 13.8 Å². The van der Waals surface area contributed by atoms with Crippen molar-refractivity contribution in [1.82, 2.24) is 0 Å². The molecular weight excluding hydrogens is 276 g/mol. The highest BCUT2D eigenvalue weighted by atomic mass is 14.3. The van der Waals surface area contributed by atoms with Crippen molar-refractivity contribution in [3.8, 4) is 11.1 Å². The second-order valence-electron chi connectivity index (χ2n) is 6.72. The van der Waals surface area contributed by atoms with Gasteiger partial charge in [0, 0.05) is 5.92 Å². The molecule has 0 aliphatic heterocycles. The Kier molecular flexibility index (Phi) is 4.26. The fraction of sp³-hybridized carbons (Fsp3) is 0.304. The lowest BCUT2D eigenvalue weighted by atomic mass is 9.94. The third-order valence-electron chi connectivity index (χ3n) is 4.72. The molecule has 0 bridgehead atoms. The number of hydrogen-bond donors (Lipinski definition) is 0. The van der Waals surface area contributed by atoms with Gasteiger partial charge in [-0.2, -0.15) is 0 Å². The average Bonchev–Trinajstić information content (AvgIpc) is 2.81. The number of hydrogen-bond acceptors (Lipinski definition) is 0. The maximum atomic E-state index is 2.35. The Hall–Kier alpha value is -2.08. The van der Waals surface area contributed by atoms with Gasteiger partial charge in [0.05, 0.1) is 0 Å². The Morgan fingerprint density at radius 3 is 2.30 bits per heavy atom. The minimum atomic E-state index is 0.504. The summed E-state index contributed by atoms with van der Waals surface area (Å²) in [5, 5.41) is 2.78. The van der Waals surface area contributed by atoms with Gasteiger partial charge in [-0.1, -0.05) is 81.3 Å². The van der Waals surface area contributed by atoms with Crippen molar-refractivity contribution in [2.45, 2.75) is 47.0 Å². The maximum Gasteiger partial charge on any atom is 0.00736 e. The Balaban J connectivity index is 0.000000485. The minimum Gasteiger partial charge on any atom is -0.0656 e. The van der Waals surface area contributed by atoms with E-state index in [0.29, 0.717) is 5.92 Å². The molecule has 0 aromatic heterocycles.